The summed E-state index contributed by atoms with van der Waals surface area (Å²) in [4.78, 5) is 2.28. The standard InChI is InChI=1S/C18H20FNS.ClH/c1-20(2)9-15-11-3-4-12(7-11)18(15)16-10-21-17-8-13(19)5-6-14(16)17;/h5-6,8,10-12H,3-4,7,9H2,1-2H3;1H. The van der Waals surface area contributed by atoms with Crippen LogP contribution in [-0.2, 0) is 0 Å². The molecule has 0 saturated heterocycles. The largest absolute Gasteiger partial charge is 0.305 e. The molecule has 2 atom stereocenters. The minimum atomic E-state index is -0.133. The summed E-state index contributed by atoms with van der Waals surface area (Å²) in [5.74, 6) is 1.38. The molecule has 2 aliphatic rings. The molecule has 0 aliphatic heterocycles. The van der Waals surface area contributed by atoms with Crippen molar-refractivity contribution in [2.75, 3.05) is 20.6 Å². The Morgan fingerprint density at radius 1 is 1.23 bits per heavy atom. The smallest absolute Gasteiger partial charge is 0.124 e. The summed E-state index contributed by atoms with van der Waals surface area (Å²) in [7, 11) is 4.30. The van der Waals surface area contributed by atoms with Crippen LogP contribution in [0.3, 0.4) is 0 Å². The van der Waals surface area contributed by atoms with Gasteiger partial charge in [0, 0.05) is 16.6 Å². The zero-order valence-electron chi connectivity index (χ0n) is 12.9. The van der Waals surface area contributed by atoms with Crippen molar-refractivity contribution in [2.45, 2.75) is 19.3 Å². The van der Waals surface area contributed by atoms with Gasteiger partial charge >= 0.3 is 0 Å². The van der Waals surface area contributed by atoms with Gasteiger partial charge < -0.3 is 4.90 Å². The summed E-state index contributed by atoms with van der Waals surface area (Å²) in [5.41, 5.74) is 4.59. The lowest BCUT2D eigenvalue weighted by molar-refractivity contribution is 0.423. The molecule has 4 rings (SSSR count). The van der Waals surface area contributed by atoms with E-state index in [9.17, 15) is 4.39 Å². The average molecular weight is 338 g/mol. The Labute approximate surface area is 141 Å². The summed E-state index contributed by atoms with van der Waals surface area (Å²) in [6, 6.07) is 5.23. The maximum absolute atomic E-state index is 13.4. The highest BCUT2D eigenvalue weighted by Gasteiger charge is 2.39. The lowest BCUT2D eigenvalue weighted by Crippen LogP contribution is -2.19. The maximum Gasteiger partial charge on any atom is 0.124 e. The summed E-state index contributed by atoms with van der Waals surface area (Å²) in [6.45, 7) is 1.06. The molecule has 0 spiro atoms. The Kier molecular flexibility index (Phi) is 4.32. The molecule has 1 fully saturated rings. The third-order valence-corrected chi connectivity index (χ3v) is 5.94. The number of allylic oxidation sites excluding steroid dienone is 1. The predicted octanol–water partition coefficient (Wildman–Crippen LogP) is 5.21. The minimum absolute atomic E-state index is 0. The van der Waals surface area contributed by atoms with Crippen LogP contribution in [0.4, 0.5) is 4.39 Å². The van der Waals surface area contributed by atoms with Crippen LogP contribution in [0.1, 0.15) is 24.8 Å². The summed E-state index contributed by atoms with van der Waals surface area (Å²) < 4.78 is 14.5. The zero-order chi connectivity index (χ0) is 14.6. The molecule has 1 aromatic heterocycles. The van der Waals surface area contributed by atoms with Crippen LogP contribution in [0.2, 0.25) is 0 Å². The summed E-state index contributed by atoms with van der Waals surface area (Å²) in [6.07, 6.45) is 4.01. The van der Waals surface area contributed by atoms with Crippen LogP contribution >= 0.6 is 23.7 Å². The van der Waals surface area contributed by atoms with Crippen molar-refractivity contribution in [2.24, 2.45) is 11.8 Å². The van der Waals surface area contributed by atoms with E-state index in [1.807, 2.05) is 6.07 Å². The minimum Gasteiger partial charge on any atom is -0.305 e. The molecule has 0 N–H and O–H groups in total. The van der Waals surface area contributed by atoms with Crippen molar-refractivity contribution < 1.29 is 4.39 Å². The fourth-order valence-electron chi connectivity index (χ4n) is 4.20. The molecule has 1 saturated carbocycles. The highest BCUT2D eigenvalue weighted by atomic mass is 35.5. The van der Waals surface area contributed by atoms with Gasteiger partial charge in [0.15, 0.2) is 0 Å². The van der Waals surface area contributed by atoms with Crippen LogP contribution in [0.5, 0.6) is 0 Å². The van der Waals surface area contributed by atoms with Crippen LogP contribution in [0.15, 0.2) is 29.2 Å². The molecule has 118 valence electrons. The molecular weight excluding hydrogens is 317 g/mol. The van der Waals surface area contributed by atoms with Crippen molar-refractivity contribution in [3.05, 3.63) is 40.5 Å². The number of nitrogens with zero attached hydrogens (tertiary/aromatic N) is 1. The van der Waals surface area contributed by atoms with Crippen LogP contribution in [0, 0.1) is 17.7 Å². The van der Waals surface area contributed by atoms with E-state index in [1.165, 1.54) is 30.2 Å². The van der Waals surface area contributed by atoms with Gasteiger partial charge in [0.1, 0.15) is 5.82 Å². The van der Waals surface area contributed by atoms with Gasteiger partial charge in [0.2, 0.25) is 0 Å². The number of hydrogen-bond donors (Lipinski definition) is 0. The van der Waals surface area contributed by atoms with Crippen molar-refractivity contribution in [1.82, 2.24) is 4.90 Å². The van der Waals surface area contributed by atoms with Crippen molar-refractivity contribution in [3.8, 4) is 0 Å². The Hall–Kier alpha value is -0.900. The van der Waals surface area contributed by atoms with Crippen molar-refractivity contribution in [3.63, 3.8) is 0 Å². The van der Waals surface area contributed by atoms with Gasteiger partial charge in [-0.2, -0.15) is 0 Å². The Morgan fingerprint density at radius 2 is 2.00 bits per heavy atom. The van der Waals surface area contributed by atoms with Gasteiger partial charge in [0.05, 0.1) is 0 Å². The first kappa shape index (κ1) is 16.0. The second-order valence-electron chi connectivity index (χ2n) is 6.67. The molecule has 1 aromatic carbocycles. The lowest BCUT2D eigenvalue weighted by Gasteiger charge is -2.22. The molecule has 1 nitrogen and oxygen atoms in total. The quantitative estimate of drug-likeness (QED) is 0.743. The van der Waals surface area contributed by atoms with Crippen LogP contribution in [0.25, 0.3) is 15.7 Å². The third-order valence-electron chi connectivity index (χ3n) is 4.99. The van der Waals surface area contributed by atoms with Crippen molar-refractivity contribution in [1.29, 1.82) is 0 Å². The Bertz CT molecular complexity index is 734. The number of rotatable bonds is 3. The first-order chi connectivity index (χ1) is 10.1. The van der Waals surface area contributed by atoms with E-state index >= 15 is 0 Å². The first-order valence-electron chi connectivity index (χ1n) is 7.68. The monoisotopic (exact) mass is 337 g/mol. The molecule has 22 heavy (non-hydrogen) atoms. The molecule has 2 unspecified atom stereocenters. The normalized spacial score (nSPS) is 23.6. The predicted molar refractivity (Wildman–Crippen MR) is 95.3 cm³/mol. The molecule has 2 aromatic rings. The summed E-state index contributed by atoms with van der Waals surface area (Å²) >= 11 is 1.68. The molecular formula is C18H21ClFNS. The van der Waals surface area contributed by atoms with Gasteiger partial charge in [-0.05, 0) is 79.4 Å². The van der Waals surface area contributed by atoms with Crippen LogP contribution < -0.4 is 0 Å². The zero-order valence-corrected chi connectivity index (χ0v) is 14.6. The van der Waals surface area contributed by atoms with Gasteiger partial charge in [-0.1, -0.05) is 6.07 Å². The van der Waals surface area contributed by atoms with Crippen LogP contribution in [-0.4, -0.2) is 25.5 Å². The van der Waals surface area contributed by atoms with E-state index < -0.39 is 0 Å². The highest BCUT2D eigenvalue weighted by molar-refractivity contribution is 7.17. The van der Waals surface area contributed by atoms with Gasteiger partial charge in [0.25, 0.3) is 0 Å². The number of hydrogen-bond acceptors (Lipinski definition) is 2. The van der Waals surface area contributed by atoms with E-state index in [1.54, 1.807) is 34.6 Å². The number of thiophene rings is 1. The average Bonchev–Trinajstić information content (AvgIpc) is 3.11. The topological polar surface area (TPSA) is 3.24 Å². The number of fused-ring (bicyclic) bond motifs is 3. The van der Waals surface area contributed by atoms with Gasteiger partial charge in [-0.25, -0.2) is 4.39 Å². The highest BCUT2D eigenvalue weighted by Crippen LogP contribution is 2.54. The Balaban J connectivity index is 0.00000144. The van der Waals surface area contributed by atoms with Gasteiger partial charge in [-0.15, -0.1) is 23.7 Å². The van der Waals surface area contributed by atoms with E-state index in [0.717, 1.165) is 23.1 Å². The second kappa shape index (κ2) is 5.95. The fraction of sp³-hybridized carbons (Fsp3) is 0.444. The molecule has 0 amide bonds. The number of halogens is 2. The van der Waals surface area contributed by atoms with E-state index in [4.69, 9.17) is 0 Å². The lowest BCUT2D eigenvalue weighted by atomic mass is 9.87. The SMILES string of the molecule is CN(C)CC1=C(c2csc3cc(F)ccc23)C2CCC1C2.Cl. The molecule has 2 aliphatic carbocycles. The van der Waals surface area contributed by atoms with E-state index in [2.05, 4.69) is 24.4 Å². The maximum atomic E-state index is 13.4. The molecule has 4 heteroatoms. The Morgan fingerprint density at radius 3 is 2.77 bits per heavy atom. The number of benzene rings is 1. The third kappa shape index (κ3) is 2.49. The van der Waals surface area contributed by atoms with E-state index in [0.29, 0.717) is 0 Å². The first-order valence-corrected chi connectivity index (χ1v) is 8.56. The van der Waals surface area contributed by atoms with E-state index in [-0.39, 0.29) is 18.2 Å². The second-order valence-corrected chi connectivity index (χ2v) is 7.58. The summed E-state index contributed by atoms with van der Waals surface area (Å²) in [5, 5.41) is 3.48. The fourth-order valence-corrected chi connectivity index (χ4v) is 5.19. The van der Waals surface area contributed by atoms with Crippen molar-refractivity contribution >= 4 is 39.4 Å². The number of likely N-dealkylation sites (N-methyl/N-ethyl adjacent to an activating group) is 1. The van der Waals surface area contributed by atoms with Gasteiger partial charge in [-0.3, -0.25) is 0 Å². The molecule has 1 heterocycles. The molecule has 2 bridgehead atoms. The molecule has 0 radical (unpaired) electrons.